The molecule has 0 aliphatic carbocycles. The van der Waals surface area contributed by atoms with Gasteiger partial charge < -0.3 is 4.90 Å². The molecule has 0 aromatic heterocycles. The zero-order chi connectivity index (χ0) is 14.1. The summed E-state index contributed by atoms with van der Waals surface area (Å²) >= 11 is 5.48. The largest absolute Gasteiger partial charge is 0.330 e. The van der Waals surface area contributed by atoms with Crippen LogP contribution in [0.2, 0.25) is 0 Å². The number of hydrogen-bond donors (Lipinski definition) is 0. The van der Waals surface area contributed by atoms with Crippen molar-refractivity contribution in [1.82, 2.24) is 4.90 Å². The number of nitrogens with zero attached hydrogens (tertiary/aromatic N) is 1. The van der Waals surface area contributed by atoms with Gasteiger partial charge in [-0.25, -0.2) is 0 Å². The first kappa shape index (κ1) is 12.9. The molecule has 0 fully saturated rings. The first-order valence-electron chi connectivity index (χ1n) is 6.31. The third-order valence-electron chi connectivity index (χ3n) is 3.46. The van der Waals surface area contributed by atoms with E-state index in [0.29, 0.717) is 24.2 Å². The van der Waals surface area contributed by atoms with Crippen molar-refractivity contribution in [3.63, 3.8) is 0 Å². The number of hydrogen-bond acceptors (Lipinski definition) is 2. The maximum absolute atomic E-state index is 12.4. The predicted octanol–water partition coefficient (Wildman–Crippen LogP) is 3.22. The molecule has 0 N–H and O–H groups in total. The molecule has 1 heterocycles. The molecule has 0 atom stereocenters. The quantitative estimate of drug-likeness (QED) is 0.795. The van der Waals surface area contributed by atoms with Crippen molar-refractivity contribution < 1.29 is 9.59 Å². The minimum atomic E-state index is -0.472. The highest BCUT2D eigenvalue weighted by Gasteiger charge is 2.24. The number of fused-ring (bicyclic) bond motifs is 1. The van der Waals surface area contributed by atoms with Crippen LogP contribution < -0.4 is 0 Å². The van der Waals surface area contributed by atoms with Crippen LogP contribution in [0.15, 0.2) is 48.5 Å². The highest BCUT2D eigenvalue weighted by molar-refractivity contribution is 6.67. The molecule has 2 aromatic rings. The minimum Gasteiger partial charge on any atom is -0.330 e. The highest BCUT2D eigenvalue weighted by atomic mass is 35.5. The van der Waals surface area contributed by atoms with Gasteiger partial charge in [-0.2, -0.15) is 0 Å². The molecule has 100 valence electrons. The molecule has 1 aliphatic rings. The first-order chi connectivity index (χ1) is 9.65. The monoisotopic (exact) mass is 285 g/mol. The summed E-state index contributed by atoms with van der Waals surface area (Å²) in [5, 5.41) is -0.472. The molecule has 4 heteroatoms. The maximum Gasteiger partial charge on any atom is 0.254 e. The van der Waals surface area contributed by atoms with Crippen molar-refractivity contribution in [2.45, 2.75) is 13.1 Å². The summed E-state index contributed by atoms with van der Waals surface area (Å²) in [5.74, 6) is 0.000509. The molecule has 0 radical (unpaired) electrons. The lowest BCUT2D eigenvalue weighted by atomic mass is 10.1. The Morgan fingerprint density at radius 3 is 2.30 bits per heavy atom. The summed E-state index contributed by atoms with van der Waals surface area (Å²) in [6.45, 7) is 1.08. The second-order valence-corrected chi connectivity index (χ2v) is 5.13. The fraction of sp³-hybridized carbons (Fsp3) is 0.125. The van der Waals surface area contributed by atoms with E-state index >= 15 is 0 Å². The zero-order valence-electron chi connectivity index (χ0n) is 10.7. The second kappa shape index (κ2) is 5.10. The van der Waals surface area contributed by atoms with Crippen LogP contribution in [-0.4, -0.2) is 16.0 Å². The van der Waals surface area contributed by atoms with E-state index in [4.69, 9.17) is 11.6 Å². The predicted molar refractivity (Wildman–Crippen MR) is 76.6 cm³/mol. The van der Waals surface area contributed by atoms with E-state index in [1.807, 2.05) is 24.3 Å². The summed E-state index contributed by atoms with van der Waals surface area (Å²) in [7, 11) is 0. The standard InChI is InChI=1S/C16H12ClNO2/c17-15(19)12-6-7-13-9-18(10-14(13)8-12)16(20)11-4-2-1-3-5-11/h1-8H,9-10H2. The van der Waals surface area contributed by atoms with E-state index in [0.717, 1.165) is 11.1 Å². The zero-order valence-corrected chi connectivity index (χ0v) is 11.4. The van der Waals surface area contributed by atoms with Crippen molar-refractivity contribution in [1.29, 1.82) is 0 Å². The van der Waals surface area contributed by atoms with Crippen molar-refractivity contribution in [2.24, 2.45) is 0 Å². The van der Waals surface area contributed by atoms with Crippen LogP contribution in [0, 0.1) is 0 Å². The van der Waals surface area contributed by atoms with Gasteiger partial charge in [0.15, 0.2) is 0 Å². The smallest absolute Gasteiger partial charge is 0.254 e. The number of rotatable bonds is 2. The van der Waals surface area contributed by atoms with Gasteiger partial charge in [-0.15, -0.1) is 0 Å². The van der Waals surface area contributed by atoms with Gasteiger partial charge >= 0.3 is 0 Å². The van der Waals surface area contributed by atoms with Gasteiger partial charge in [-0.05, 0) is 47.0 Å². The normalized spacial score (nSPS) is 13.2. The summed E-state index contributed by atoms with van der Waals surface area (Å²) in [5.41, 5.74) is 3.20. The lowest BCUT2D eigenvalue weighted by molar-refractivity contribution is 0.0751. The number of amides is 1. The number of carbonyl (C=O) groups excluding carboxylic acids is 2. The Hall–Kier alpha value is -2.13. The van der Waals surface area contributed by atoms with Crippen LogP contribution >= 0.6 is 11.6 Å². The molecule has 2 aromatic carbocycles. The van der Waals surface area contributed by atoms with Crippen LogP contribution in [0.25, 0.3) is 0 Å². The van der Waals surface area contributed by atoms with E-state index in [1.54, 1.807) is 29.2 Å². The van der Waals surface area contributed by atoms with Crippen LogP contribution in [-0.2, 0) is 13.1 Å². The minimum absolute atomic E-state index is 0.000509. The first-order valence-corrected chi connectivity index (χ1v) is 6.69. The van der Waals surface area contributed by atoms with Crippen LogP contribution in [0.4, 0.5) is 0 Å². The average Bonchev–Trinajstić information content (AvgIpc) is 2.90. The van der Waals surface area contributed by atoms with Crippen molar-refractivity contribution in [3.8, 4) is 0 Å². The fourth-order valence-electron chi connectivity index (χ4n) is 2.42. The van der Waals surface area contributed by atoms with Crippen LogP contribution in [0.1, 0.15) is 31.8 Å². The Labute approximate surface area is 121 Å². The third kappa shape index (κ3) is 2.32. The van der Waals surface area contributed by atoms with Gasteiger partial charge in [0.25, 0.3) is 11.1 Å². The van der Waals surface area contributed by atoms with Gasteiger partial charge in [0.05, 0.1) is 0 Å². The summed E-state index contributed by atoms with van der Waals surface area (Å²) in [6, 6.07) is 14.5. The second-order valence-electron chi connectivity index (χ2n) is 4.78. The van der Waals surface area contributed by atoms with Crippen molar-refractivity contribution in [2.75, 3.05) is 0 Å². The molecule has 3 nitrogen and oxygen atoms in total. The summed E-state index contributed by atoms with van der Waals surface area (Å²) < 4.78 is 0. The molecule has 1 amide bonds. The van der Waals surface area contributed by atoms with Gasteiger partial charge in [0.1, 0.15) is 0 Å². The maximum atomic E-state index is 12.4. The molecule has 0 spiro atoms. The van der Waals surface area contributed by atoms with E-state index < -0.39 is 5.24 Å². The molecular formula is C16H12ClNO2. The highest BCUT2D eigenvalue weighted by Crippen LogP contribution is 2.25. The van der Waals surface area contributed by atoms with Gasteiger partial charge in [-0.1, -0.05) is 24.3 Å². The van der Waals surface area contributed by atoms with Gasteiger partial charge in [-0.3, -0.25) is 9.59 Å². The molecule has 20 heavy (non-hydrogen) atoms. The topological polar surface area (TPSA) is 37.4 Å². The molecule has 0 bridgehead atoms. The summed E-state index contributed by atoms with van der Waals surface area (Å²) in [4.78, 5) is 25.3. The Bertz CT molecular complexity index is 682. The van der Waals surface area contributed by atoms with E-state index in [9.17, 15) is 9.59 Å². The van der Waals surface area contributed by atoms with Crippen LogP contribution in [0.5, 0.6) is 0 Å². The van der Waals surface area contributed by atoms with Crippen molar-refractivity contribution >= 4 is 22.8 Å². The lowest BCUT2D eigenvalue weighted by Gasteiger charge is -2.15. The van der Waals surface area contributed by atoms with E-state index in [2.05, 4.69) is 0 Å². The number of halogens is 1. The van der Waals surface area contributed by atoms with E-state index in [1.165, 1.54) is 0 Å². The molecule has 0 saturated heterocycles. The molecule has 0 saturated carbocycles. The SMILES string of the molecule is O=C(Cl)c1ccc2c(c1)CN(C(=O)c1ccccc1)C2. The number of benzene rings is 2. The number of carbonyl (C=O) groups is 2. The van der Waals surface area contributed by atoms with Gasteiger partial charge in [0.2, 0.25) is 0 Å². The lowest BCUT2D eigenvalue weighted by Crippen LogP contribution is -2.25. The van der Waals surface area contributed by atoms with Crippen molar-refractivity contribution in [3.05, 3.63) is 70.8 Å². The Morgan fingerprint density at radius 2 is 1.60 bits per heavy atom. The Kier molecular flexibility index (Phi) is 3.28. The average molecular weight is 286 g/mol. The molecule has 3 rings (SSSR count). The molecule has 1 aliphatic heterocycles. The molecular weight excluding hydrogens is 274 g/mol. The van der Waals surface area contributed by atoms with Crippen LogP contribution in [0.3, 0.4) is 0 Å². The fourth-order valence-corrected chi connectivity index (χ4v) is 2.54. The molecule has 0 unspecified atom stereocenters. The van der Waals surface area contributed by atoms with Gasteiger partial charge in [0, 0.05) is 24.2 Å². The van der Waals surface area contributed by atoms with E-state index in [-0.39, 0.29) is 5.91 Å². The summed E-state index contributed by atoms with van der Waals surface area (Å²) in [6.07, 6.45) is 0. The Balaban J connectivity index is 1.84. The third-order valence-corrected chi connectivity index (χ3v) is 3.68. The Morgan fingerprint density at radius 1 is 0.900 bits per heavy atom.